The second kappa shape index (κ2) is 4.20. The number of carbonyl (C=O) groups excluding carboxylic acids is 2. The molecule has 1 aliphatic heterocycles. The molecule has 1 saturated heterocycles. The maximum atomic E-state index is 12.0. The molecule has 2 amide bonds. The number of halogens is 1. The van der Waals surface area contributed by atoms with E-state index < -0.39 is 12.7 Å². The van der Waals surface area contributed by atoms with Crippen molar-refractivity contribution in [1.29, 1.82) is 0 Å². The summed E-state index contributed by atoms with van der Waals surface area (Å²) in [5, 5.41) is 2.55. The Morgan fingerprint density at radius 3 is 2.85 bits per heavy atom. The van der Waals surface area contributed by atoms with E-state index in [9.17, 15) is 14.0 Å². The van der Waals surface area contributed by atoms with Crippen molar-refractivity contribution in [1.82, 2.24) is 10.2 Å². The molecule has 0 spiro atoms. The Morgan fingerprint density at radius 2 is 2.31 bits per heavy atom. The van der Waals surface area contributed by atoms with Crippen LogP contribution in [0.3, 0.4) is 0 Å². The topological polar surface area (TPSA) is 49.4 Å². The molecule has 0 aromatic carbocycles. The van der Waals surface area contributed by atoms with Gasteiger partial charge in [-0.25, -0.2) is 4.39 Å². The van der Waals surface area contributed by atoms with Gasteiger partial charge in [-0.15, -0.1) is 0 Å². The van der Waals surface area contributed by atoms with Gasteiger partial charge in [-0.05, 0) is 6.42 Å². The third-order valence-electron chi connectivity index (χ3n) is 2.04. The highest BCUT2D eigenvalue weighted by Gasteiger charge is 2.30. The molecule has 0 aliphatic carbocycles. The Bertz CT molecular complexity index is 220. The van der Waals surface area contributed by atoms with Crippen LogP contribution in [0, 0.1) is 0 Å². The summed E-state index contributed by atoms with van der Waals surface area (Å²) in [6, 6.07) is -0.465. The molecule has 1 N–H and O–H groups in total. The van der Waals surface area contributed by atoms with Gasteiger partial charge in [0.25, 0.3) is 0 Å². The summed E-state index contributed by atoms with van der Waals surface area (Å²) in [4.78, 5) is 23.7. The second-order valence-corrected chi connectivity index (χ2v) is 2.98. The van der Waals surface area contributed by atoms with Gasteiger partial charge < -0.3 is 10.2 Å². The van der Waals surface area contributed by atoms with Crippen LogP contribution in [0.25, 0.3) is 0 Å². The van der Waals surface area contributed by atoms with Crippen LogP contribution in [0.2, 0.25) is 0 Å². The number of hydrogen-bond acceptors (Lipinski definition) is 2. The molecule has 13 heavy (non-hydrogen) atoms. The highest BCUT2D eigenvalue weighted by molar-refractivity contribution is 5.94. The first-order valence-electron chi connectivity index (χ1n) is 4.33. The first-order chi connectivity index (χ1) is 6.19. The first-order valence-corrected chi connectivity index (χ1v) is 4.33. The van der Waals surface area contributed by atoms with Crippen LogP contribution < -0.4 is 5.32 Å². The summed E-state index contributed by atoms with van der Waals surface area (Å²) in [7, 11) is 0. The van der Waals surface area contributed by atoms with Crippen molar-refractivity contribution in [3.63, 3.8) is 0 Å². The zero-order valence-corrected chi connectivity index (χ0v) is 7.55. The average molecular weight is 188 g/mol. The van der Waals surface area contributed by atoms with E-state index >= 15 is 0 Å². The van der Waals surface area contributed by atoms with E-state index in [1.807, 2.05) is 6.92 Å². The molecule has 1 atom stereocenters. The van der Waals surface area contributed by atoms with Crippen molar-refractivity contribution in [2.24, 2.45) is 0 Å². The average Bonchev–Trinajstić information content (AvgIpc) is 2.11. The van der Waals surface area contributed by atoms with Gasteiger partial charge in [0.2, 0.25) is 11.8 Å². The first kappa shape index (κ1) is 9.95. The van der Waals surface area contributed by atoms with Crippen LogP contribution in [0.4, 0.5) is 4.39 Å². The van der Waals surface area contributed by atoms with E-state index in [1.54, 1.807) is 0 Å². The molecule has 1 fully saturated rings. The Labute approximate surface area is 76.1 Å². The summed E-state index contributed by atoms with van der Waals surface area (Å²) in [6.45, 7) is 1.21. The lowest BCUT2D eigenvalue weighted by atomic mass is 10.1. The summed E-state index contributed by atoms with van der Waals surface area (Å²) in [6.07, 6.45) is 0.549. The predicted molar refractivity (Wildman–Crippen MR) is 44.8 cm³/mol. The highest BCUT2D eigenvalue weighted by Crippen LogP contribution is 2.04. The monoisotopic (exact) mass is 188 g/mol. The minimum atomic E-state index is -0.602. The molecule has 1 rings (SSSR count). The zero-order chi connectivity index (χ0) is 9.84. The molecular weight excluding hydrogens is 175 g/mol. The molecule has 74 valence electrons. The van der Waals surface area contributed by atoms with Crippen LogP contribution in [0.5, 0.6) is 0 Å². The van der Waals surface area contributed by atoms with Gasteiger partial charge in [0.1, 0.15) is 12.7 Å². The van der Waals surface area contributed by atoms with Crippen LogP contribution in [-0.2, 0) is 9.59 Å². The number of piperazine rings is 1. The van der Waals surface area contributed by atoms with E-state index in [-0.39, 0.29) is 24.9 Å². The Hall–Kier alpha value is -1.13. The van der Waals surface area contributed by atoms with Crippen LogP contribution in [0.1, 0.15) is 13.3 Å². The van der Waals surface area contributed by atoms with E-state index in [0.29, 0.717) is 6.42 Å². The molecule has 0 aromatic heterocycles. The molecule has 1 aliphatic rings. The molecule has 0 radical (unpaired) electrons. The van der Waals surface area contributed by atoms with Crippen molar-refractivity contribution in [3.8, 4) is 0 Å². The number of rotatable bonds is 3. The molecule has 5 heteroatoms. The third-order valence-corrected chi connectivity index (χ3v) is 2.04. The minimum Gasteiger partial charge on any atom is -0.343 e. The SMILES string of the molecule is CCC1NC(=O)CN(CCF)C1=O. The molecule has 1 heterocycles. The largest absolute Gasteiger partial charge is 0.343 e. The number of nitrogens with one attached hydrogen (secondary N) is 1. The lowest BCUT2D eigenvalue weighted by Crippen LogP contribution is -2.58. The van der Waals surface area contributed by atoms with Gasteiger partial charge in [0.05, 0.1) is 6.54 Å². The fraction of sp³-hybridized carbons (Fsp3) is 0.750. The van der Waals surface area contributed by atoms with Gasteiger partial charge in [-0.1, -0.05) is 6.92 Å². The maximum absolute atomic E-state index is 12.0. The summed E-state index contributed by atoms with van der Waals surface area (Å²) < 4.78 is 12.0. The van der Waals surface area contributed by atoms with Crippen molar-refractivity contribution in [3.05, 3.63) is 0 Å². The molecule has 4 nitrogen and oxygen atoms in total. The molecule has 0 aromatic rings. The lowest BCUT2D eigenvalue weighted by molar-refractivity contribution is -0.144. The summed E-state index contributed by atoms with van der Waals surface area (Å²) in [5.74, 6) is -0.389. The molecular formula is C8H13FN2O2. The minimum absolute atomic E-state index is 0.0146. The number of carbonyl (C=O) groups is 2. The zero-order valence-electron chi connectivity index (χ0n) is 7.55. The fourth-order valence-electron chi connectivity index (χ4n) is 1.34. The van der Waals surface area contributed by atoms with Gasteiger partial charge in [-0.3, -0.25) is 9.59 Å². The van der Waals surface area contributed by atoms with Crippen LogP contribution in [-0.4, -0.2) is 42.5 Å². The smallest absolute Gasteiger partial charge is 0.245 e. The van der Waals surface area contributed by atoms with Crippen molar-refractivity contribution >= 4 is 11.8 Å². The maximum Gasteiger partial charge on any atom is 0.245 e. The van der Waals surface area contributed by atoms with E-state index in [1.165, 1.54) is 4.90 Å². The number of nitrogens with zero attached hydrogens (tertiary/aromatic N) is 1. The summed E-state index contributed by atoms with van der Waals surface area (Å²) >= 11 is 0. The molecule has 0 saturated carbocycles. The molecule has 1 unspecified atom stereocenters. The number of hydrogen-bond donors (Lipinski definition) is 1. The van der Waals surface area contributed by atoms with Crippen molar-refractivity contribution < 1.29 is 14.0 Å². The van der Waals surface area contributed by atoms with Gasteiger partial charge in [-0.2, -0.15) is 0 Å². The summed E-state index contributed by atoms with van der Waals surface area (Å²) in [5.41, 5.74) is 0. The second-order valence-electron chi connectivity index (χ2n) is 2.98. The Balaban J connectivity index is 2.63. The van der Waals surface area contributed by atoms with Crippen molar-refractivity contribution in [2.45, 2.75) is 19.4 Å². The quantitative estimate of drug-likeness (QED) is 0.660. The predicted octanol–water partition coefficient (Wildman–Crippen LogP) is -0.307. The van der Waals surface area contributed by atoms with Gasteiger partial charge in [0.15, 0.2) is 0 Å². The standard InChI is InChI=1S/C8H13FN2O2/c1-2-6-8(13)11(4-3-9)5-7(12)10-6/h6H,2-5H2,1H3,(H,10,12). The van der Waals surface area contributed by atoms with E-state index in [2.05, 4.69) is 5.32 Å². The number of alkyl halides is 1. The highest BCUT2D eigenvalue weighted by atomic mass is 19.1. The normalized spacial score (nSPS) is 23.2. The van der Waals surface area contributed by atoms with Crippen molar-refractivity contribution in [2.75, 3.05) is 19.8 Å². The molecule has 0 bridgehead atoms. The van der Waals surface area contributed by atoms with E-state index in [0.717, 1.165) is 0 Å². The fourth-order valence-corrected chi connectivity index (χ4v) is 1.34. The van der Waals surface area contributed by atoms with Crippen LogP contribution >= 0.6 is 0 Å². The van der Waals surface area contributed by atoms with E-state index in [4.69, 9.17) is 0 Å². The Morgan fingerprint density at radius 1 is 1.62 bits per heavy atom. The third kappa shape index (κ3) is 2.17. The van der Waals surface area contributed by atoms with Gasteiger partial charge >= 0.3 is 0 Å². The lowest BCUT2D eigenvalue weighted by Gasteiger charge is -2.31. The Kier molecular flexibility index (Phi) is 3.22. The number of amides is 2. The van der Waals surface area contributed by atoms with Gasteiger partial charge in [0, 0.05) is 6.54 Å². The van der Waals surface area contributed by atoms with Crippen LogP contribution in [0.15, 0.2) is 0 Å².